The summed E-state index contributed by atoms with van der Waals surface area (Å²) in [4.78, 5) is 25.6. The first-order valence-electron chi connectivity index (χ1n) is 9.66. The Balaban J connectivity index is 1.32. The van der Waals surface area contributed by atoms with E-state index in [0.29, 0.717) is 37.1 Å². The van der Waals surface area contributed by atoms with E-state index in [1.54, 1.807) is 11.8 Å². The van der Waals surface area contributed by atoms with Crippen molar-refractivity contribution in [3.63, 3.8) is 0 Å². The Bertz CT molecular complexity index is 893. The van der Waals surface area contributed by atoms with Crippen molar-refractivity contribution in [1.82, 2.24) is 14.7 Å². The summed E-state index contributed by atoms with van der Waals surface area (Å²) >= 11 is 0. The highest BCUT2D eigenvalue weighted by molar-refractivity contribution is 5.88. The molecule has 0 radical (unpaired) electrons. The maximum absolute atomic E-state index is 12.7. The van der Waals surface area contributed by atoms with E-state index in [9.17, 15) is 9.59 Å². The fourth-order valence-electron chi connectivity index (χ4n) is 4.47. The zero-order valence-corrected chi connectivity index (χ0v) is 16.2. The number of benzene rings is 1. The van der Waals surface area contributed by atoms with Gasteiger partial charge in [0.1, 0.15) is 0 Å². The van der Waals surface area contributed by atoms with Crippen molar-refractivity contribution >= 4 is 12.0 Å². The molecule has 0 bridgehead atoms. The fourth-order valence-corrected chi connectivity index (χ4v) is 4.47. The molecule has 1 aromatic carbocycles. The summed E-state index contributed by atoms with van der Waals surface area (Å²) in [5.41, 5.74) is 2.85. The number of aromatic carboxylic acids is 1. The van der Waals surface area contributed by atoms with Gasteiger partial charge in [-0.3, -0.25) is 0 Å². The normalized spacial score (nSPS) is 23.8. The largest absolute Gasteiger partial charge is 0.476 e. The minimum absolute atomic E-state index is 0.0719. The lowest BCUT2D eigenvalue weighted by Crippen LogP contribution is -2.34. The number of carbonyl (C=O) groups excluding carboxylic acids is 1. The van der Waals surface area contributed by atoms with Gasteiger partial charge in [0.2, 0.25) is 0 Å². The summed E-state index contributed by atoms with van der Waals surface area (Å²) in [5.74, 6) is -0.250. The van der Waals surface area contributed by atoms with E-state index in [-0.39, 0.29) is 17.8 Å². The van der Waals surface area contributed by atoms with E-state index in [2.05, 4.69) is 30.2 Å². The number of hydrogen-bond acceptors (Lipinski definition) is 4. The number of fused-ring (bicyclic) bond motifs is 1. The van der Waals surface area contributed by atoms with Gasteiger partial charge in [0.05, 0.1) is 12.7 Å². The second-order valence-corrected chi connectivity index (χ2v) is 8.01. The zero-order chi connectivity index (χ0) is 19.8. The molecule has 0 spiro atoms. The predicted octanol–water partition coefficient (Wildman–Crippen LogP) is 3.09. The van der Waals surface area contributed by atoms with Gasteiger partial charge in [-0.2, -0.15) is 9.78 Å². The van der Waals surface area contributed by atoms with Crippen LogP contribution in [0.3, 0.4) is 0 Å². The SMILES string of the molecule is Cc1cccc(CO[C@H]2C[C@@H]3CN(C(=O)n4cc(C)c(C(=O)O)n4)C[C@@H]3C2)c1. The van der Waals surface area contributed by atoms with E-state index < -0.39 is 5.97 Å². The number of likely N-dealkylation sites (tertiary alicyclic amines) is 1. The van der Waals surface area contributed by atoms with E-state index in [1.807, 2.05) is 6.07 Å². The standard InChI is InChI=1S/C21H25N3O4/c1-13-4-3-5-15(6-13)12-28-18-7-16-10-23(11-17(16)8-18)21(27)24-9-14(2)19(22-24)20(25)26/h3-6,9,16-18H,7-8,10-12H2,1-2H3,(H,25,26)/t16-,17+,18+. The zero-order valence-electron chi connectivity index (χ0n) is 16.2. The average Bonchev–Trinajstić information content (AvgIpc) is 3.32. The molecule has 4 rings (SSSR count). The maximum Gasteiger partial charge on any atom is 0.356 e. The first kappa shape index (κ1) is 18.7. The van der Waals surface area contributed by atoms with E-state index >= 15 is 0 Å². The number of nitrogens with zero attached hydrogens (tertiary/aromatic N) is 3. The summed E-state index contributed by atoms with van der Waals surface area (Å²) < 4.78 is 7.28. The van der Waals surface area contributed by atoms with Crippen molar-refractivity contribution in [1.29, 1.82) is 0 Å². The average molecular weight is 383 g/mol. The molecule has 1 saturated heterocycles. The number of aryl methyl sites for hydroxylation is 2. The highest BCUT2D eigenvalue weighted by Gasteiger charge is 2.43. The van der Waals surface area contributed by atoms with Crippen molar-refractivity contribution in [2.75, 3.05) is 13.1 Å². The molecule has 7 heteroatoms. The molecule has 1 aliphatic heterocycles. The summed E-state index contributed by atoms with van der Waals surface area (Å²) in [6.45, 7) is 5.70. The Morgan fingerprint density at radius 1 is 1.21 bits per heavy atom. The quantitative estimate of drug-likeness (QED) is 0.877. The second kappa shape index (κ2) is 7.39. The predicted molar refractivity (Wildman–Crippen MR) is 102 cm³/mol. The molecule has 1 aromatic heterocycles. The van der Waals surface area contributed by atoms with Crippen LogP contribution in [0.1, 0.15) is 40.0 Å². The number of aromatic nitrogens is 2. The third-order valence-electron chi connectivity index (χ3n) is 5.84. The fraction of sp³-hybridized carbons (Fsp3) is 0.476. The van der Waals surface area contributed by atoms with Crippen LogP contribution in [0.25, 0.3) is 0 Å². The second-order valence-electron chi connectivity index (χ2n) is 8.01. The minimum atomic E-state index is -1.11. The van der Waals surface area contributed by atoms with Crippen LogP contribution >= 0.6 is 0 Å². The number of carboxylic acid groups (broad SMARTS) is 1. The van der Waals surface area contributed by atoms with E-state index in [4.69, 9.17) is 9.84 Å². The van der Waals surface area contributed by atoms with E-state index in [0.717, 1.165) is 17.5 Å². The van der Waals surface area contributed by atoms with Crippen LogP contribution in [-0.4, -0.2) is 51.0 Å². The van der Waals surface area contributed by atoms with Gasteiger partial charge < -0.3 is 14.7 Å². The minimum Gasteiger partial charge on any atom is -0.476 e. The molecule has 2 fully saturated rings. The van der Waals surface area contributed by atoms with Gasteiger partial charge in [0.25, 0.3) is 0 Å². The van der Waals surface area contributed by atoms with Gasteiger partial charge in [-0.05, 0) is 44.1 Å². The van der Waals surface area contributed by atoms with E-state index in [1.165, 1.54) is 17.3 Å². The lowest BCUT2D eigenvalue weighted by Gasteiger charge is -2.19. The molecule has 1 N–H and O–H groups in total. The number of carboxylic acids is 1. The number of carbonyl (C=O) groups is 2. The lowest BCUT2D eigenvalue weighted by molar-refractivity contribution is 0.0383. The molecule has 28 heavy (non-hydrogen) atoms. The number of rotatable bonds is 4. The monoisotopic (exact) mass is 383 g/mol. The molecular formula is C21H25N3O4. The Morgan fingerprint density at radius 3 is 2.54 bits per heavy atom. The van der Waals surface area contributed by atoms with Gasteiger partial charge in [-0.1, -0.05) is 29.8 Å². The first-order chi connectivity index (χ1) is 13.4. The third kappa shape index (κ3) is 3.67. The van der Waals surface area contributed by atoms with Crippen LogP contribution < -0.4 is 0 Å². The third-order valence-corrected chi connectivity index (χ3v) is 5.84. The number of hydrogen-bond donors (Lipinski definition) is 1. The molecule has 3 atom stereocenters. The molecule has 1 saturated carbocycles. The van der Waals surface area contributed by atoms with Gasteiger partial charge in [-0.15, -0.1) is 0 Å². The van der Waals surface area contributed by atoms with Crippen LogP contribution in [0.5, 0.6) is 0 Å². The van der Waals surface area contributed by atoms with Gasteiger partial charge in [0.15, 0.2) is 5.69 Å². The van der Waals surface area contributed by atoms with Gasteiger partial charge in [0, 0.05) is 24.8 Å². The highest BCUT2D eigenvalue weighted by atomic mass is 16.5. The summed E-state index contributed by atoms with van der Waals surface area (Å²) in [6.07, 6.45) is 3.64. The molecule has 0 unspecified atom stereocenters. The van der Waals surface area contributed by atoms with Crippen LogP contribution in [0.15, 0.2) is 30.5 Å². The molecular weight excluding hydrogens is 358 g/mol. The van der Waals surface area contributed by atoms with Crippen molar-refractivity contribution in [2.45, 2.75) is 39.4 Å². The van der Waals surface area contributed by atoms with Crippen LogP contribution in [0.2, 0.25) is 0 Å². The number of ether oxygens (including phenoxy) is 1. The summed E-state index contributed by atoms with van der Waals surface area (Å²) in [7, 11) is 0. The van der Waals surface area contributed by atoms with Gasteiger partial charge >= 0.3 is 12.0 Å². The Labute approximate surface area is 163 Å². The topological polar surface area (TPSA) is 84.7 Å². The summed E-state index contributed by atoms with van der Waals surface area (Å²) in [6, 6.07) is 8.11. The molecule has 2 aliphatic rings. The van der Waals surface area contributed by atoms with Crippen LogP contribution in [-0.2, 0) is 11.3 Å². The summed E-state index contributed by atoms with van der Waals surface area (Å²) in [5, 5.41) is 13.1. The molecule has 2 heterocycles. The van der Waals surface area contributed by atoms with Gasteiger partial charge in [-0.25, -0.2) is 9.59 Å². The van der Waals surface area contributed by atoms with Crippen molar-refractivity contribution in [3.05, 3.63) is 52.8 Å². The molecule has 1 aliphatic carbocycles. The molecule has 148 valence electrons. The van der Waals surface area contributed by atoms with Crippen molar-refractivity contribution < 1.29 is 19.4 Å². The highest BCUT2D eigenvalue weighted by Crippen LogP contribution is 2.39. The van der Waals surface area contributed by atoms with Crippen LogP contribution in [0, 0.1) is 25.7 Å². The Hall–Kier alpha value is -2.67. The smallest absolute Gasteiger partial charge is 0.356 e. The maximum atomic E-state index is 12.7. The first-order valence-corrected chi connectivity index (χ1v) is 9.66. The lowest BCUT2D eigenvalue weighted by atomic mass is 10.0. The molecule has 1 amide bonds. The Morgan fingerprint density at radius 2 is 1.93 bits per heavy atom. The molecule has 2 aromatic rings. The Kier molecular flexibility index (Phi) is 4.93. The molecule has 7 nitrogen and oxygen atoms in total. The van der Waals surface area contributed by atoms with Crippen LogP contribution in [0.4, 0.5) is 4.79 Å². The number of amides is 1. The van der Waals surface area contributed by atoms with Crippen molar-refractivity contribution in [2.24, 2.45) is 11.8 Å². The van der Waals surface area contributed by atoms with Crippen molar-refractivity contribution in [3.8, 4) is 0 Å².